The summed E-state index contributed by atoms with van der Waals surface area (Å²) in [6, 6.07) is 7.40. The van der Waals surface area contributed by atoms with Gasteiger partial charge in [-0.1, -0.05) is 58.9 Å². The minimum atomic E-state index is -1.17. The van der Waals surface area contributed by atoms with Crippen molar-refractivity contribution in [2.24, 2.45) is 62.1 Å². The number of hydrogen-bond donors (Lipinski definition) is 1. The topological polar surface area (TPSA) is 125 Å². The summed E-state index contributed by atoms with van der Waals surface area (Å²) in [6.45, 7) is 22.4. The Morgan fingerprint density at radius 2 is 1.53 bits per heavy atom. The van der Waals surface area contributed by atoms with Crippen LogP contribution in [0.15, 0.2) is 42.5 Å². The molecule has 9 nitrogen and oxygen atoms in total. The molecular formula is C49H70O9. The van der Waals surface area contributed by atoms with Crippen molar-refractivity contribution >= 4 is 30.0 Å². The molecule has 0 unspecified atom stereocenters. The van der Waals surface area contributed by atoms with E-state index in [0.717, 1.165) is 75.5 Å². The Morgan fingerprint density at radius 1 is 0.845 bits per heavy atom. The summed E-state index contributed by atoms with van der Waals surface area (Å²) in [5.74, 6) is 0.514. The number of esters is 3. The van der Waals surface area contributed by atoms with Crippen molar-refractivity contribution in [2.45, 2.75) is 139 Å². The average Bonchev–Trinajstić information content (AvgIpc) is 3.56. The van der Waals surface area contributed by atoms with Crippen molar-refractivity contribution in [2.75, 3.05) is 20.3 Å². The second kappa shape index (κ2) is 16.1. The largest absolute Gasteiger partial charge is 0.497 e. The van der Waals surface area contributed by atoms with Crippen LogP contribution in [-0.2, 0) is 33.4 Å². The molecule has 0 spiro atoms. The Bertz CT molecular complexity index is 1780. The van der Waals surface area contributed by atoms with Gasteiger partial charge in [0.25, 0.3) is 0 Å². The average molecular weight is 803 g/mol. The van der Waals surface area contributed by atoms with Gasteiger partial charge >= 0.3 is 23.9 Å². The van der Waals surface area contributed by atoms with E-state index in [0.29, 0.717) is 24.2 Å². The maximum atomic E-state index is 14.4. The SMILES string of the molecule is C=C(C)[C@@H]1CC[C@]2(C(=O)OCCCOC(=O)/C=C/c3ccc(OC)cc3)CC[C@]3(C)[C@H](CC[C@@H]4[C@@]5(C)CC[C@H](OC(=O)CC(C)(C)C(=O)O)C(C)(C)[C@@H]5CC[C@]43C)[C@@H]12. The minimum absolute atomic E-state index is 0.0415. The first-order valence-corrected chi connectivity index (χ1v) is 21.9. The molecule has 1 N–H and O–H groups in total. The molecule has 5 aliphatic carbocycles. The predicted molar refractivity (Wildman–Crippen MR) is 223 cm³/mol. The van der Waals surface area contributed by atoms with E-state index in [4.69, 9.17) is 18.9 Å². The molecule has 5 saturated carbocycles. The number of carbonyl (C=O) groups is 4. The third-order valence-electron chi connectivity index (χ3n) is 17.1. The van der Waals surface area contributed by atoms with Gasteiger partial charge in [-0.05, 0) is 155 Å². The lowest BCUT2D eigenvalue weighted by molar-refractivity contribution is -0.251. The van der Waals surface area contributed by atoms with Crippen LogP contribution in [0.3, 0.4) is 0 Å². The molecule has 0 bridgehead atoms. The van der Waals surface area contributed by atoms with Crippen LogP contribution in [0.2, 0.25) is 0 Å². The molecule has 58 heavy (non-hydrogen) atoms. The van der Waals surface area contributed by atoms with Crippen LogP contribution in [0.5, 0.6) is 5.75 Å². The van der Waals surface area contributed by atoms with Gasteiger partial charge in [-0.2, -0.15) is 0 Å². The minimum Gasteiger partial charge on any atom is -0.497 e. The number of allylic oxidation sites excluding steroid dienone is 1. The van der Waals surface area contributed by atoms with Gasteiger partial charge in [0.1, 0.15) is 11.9 Å². The van der Waals surface area contributed by atoms with E-state index in [1.807, 2.05) is 24.3 Å². The fourth-order valence-electron chi connectivity index (χ4n) is 13.8. The zero-order valence-corrected chi connectivity index (χ0v) is 36.7. The second-order valence-electron chi connectivity index (χ2n) is 20.8. The van der Waals surface area contributed by atoms with Crippen LogP contribution in [0, 0.1) is 62.1 Å². The number of aliphatic carboxylic acids is 1. The monoisotopic (exact) mass is 803 g/mol. The van der Waals surface area contributed by atoms with E-state index in [1.165, 1.54) is 11.6 Å². The lowest BCUT2D eigenvalue weighted by Crippen LogP contribution is -2.67. The Hall–Kier alpha value is -3.62. The third kappa shape index (κ3) is 7.54. The molecule has 6 rings (SSSR count). The highest BCUT2D eigenvalue weighted by atomic mass is 16.6. The van der Waals surface area contributed by atoms with Crippen LogP contribution in [0.25, 0.3) is 6.08 Å². The van der Waals surface area contributed by atoms with Crippen molar-refractivity contribution in [3.05, 3.63) is 48.1 Å². The summed E-state index contributed by atoms with van der Waals surface area (Å²) in [5, 5.41) is 9.62. The molecule has 10 atom stereocenters. The zero-order chi connectivity index (χ0) is 42.5. The van der Waals surface area contributed by atoms with E-state index in [9.17, 15) is 24.3 Å². The summed E-state index contributed by atoms with van der Waals surface area (Å²) in [7, 11) is 1.61. The zero-order valence-electron chi connectivity index (χ0n) is 36.7. The molecule has 9 heteroatoms. The van der Waals surface area contributed by atoms with Gasteiger partial charge in [0.2, 0.25) is 0 Å². The van der Waals surface area contributed by atoms with Gasteiger partial charge in [-0.3, -0.25) is 14.4 Å². The Kier molecular flexibility index (Phi) is 12.2. The second-order valence-corrected chi connectivity index (χ2v) is 20.8. The molecule has 1 aromatic carbocycles. The summed E-state index contributed by atoms with van der Waals surface area (Å²) in [4.78, 5) is 51.6. The van der Waals surface area contributed by atoms with Crippen molar-refractivity contribution < 1.29 is 43.2 Å². The van der Waals surface area contributed by atoms with Gasteiger partial charge in [-0.25, -0.2) is 4.79 Å². The fourth-order valence-corrected chi connectivity index (χ4v) is 13.8. The van der Waals surface area contributed by atoms with Crippen molar-refractivity contribution in [3.8, 4) is 5.75 Å². The number of methoxy groups -OCH3 is 1. The summed E-state index contributed by atoms with van der Waals surface area (Å²) in [6.07, 6.45) is 12.8. The van der Waals surface area contributed by atoms with Crippen LogP contribution in [-0.4, -0.2) is 55.4 Å². The summed E-state index contributed by atoms with van der Waals surface area (Å²) >= 11 is 0. The number of hydrogen-bond acceptors (Lipinski definition) is 8. The fraction of sp³-hybridized carbons (Fsp3) is 0.714. The Balaban J connectivity index is 1.12. The molecule has 5 aliphatic rings. The maximum absolute atomic E-state index is 14.4. The molecule has 0 heterocycles. The van der Waals surface area contributed by atoms with Crippen molar-refractivity contribution in [3.63, 3.8) is 0 Å². The molecular weight excluding hydrogens is 733 g/mol. The number of fused-ring (bicyclic) bond motifs is 7. The van der Waals surface area contributed by atoms with E-state index >= 15 is 0 Å². The number of benzene rings is 1. The molecule has 0 aromatic heterocycles. The van der Waals surface area contributed by atoms with E-state index < -0.39 is 28.7 Å². The summed E-state index contributed by atoms with van der Waals surface area (Å²) < 4.78 is 22.9. The van der Waals surface area contributed by atoms with Crippen molar-refractivity contribution in [1.82, 2.24) is 0 Å². The van der Waals surface area contributed by atoms with Gasteiger partial charge in [0, 0.05) is 17.9 Å². The highest BCUT2D eigenvalue weighted by Gasteiger charge is 2.72. The Labute approximate surface area is 347 Å². The van der Waals surface area contributed by atoms with E-state index in [-0.39, 0.29) is 65.2 Å². The van der Waals surface area contributed by atoms with E-state index in [1.54, 1.807) is 27.0 Å². The highest BCUT2D eigenvalue weighted by Crippen LogP contribution is 2.77. The van der Waals surface area contributed by atoms with Crippen LogP contribution in [0.1, 0.15) is 138 Å². The molecule has 0 saturated heterocycles. The maximum Gasteiger partial charge on any atom is 0.330 e. The van der Waals surface area contributed by atoms with Gasteiger partial charge in [0.05, 0.1) is 37.6 Å². The van der Waals surface area contributed by atoms with Gasteiger partial charge in [0.15, 0.2) is 0 Å². The quantitative estimate of drug-likeness (QED) is 0.0682. The lowest BCUT2D eigenvalue weighted by atomic mass is 9.32. The number of carboxylic acids is 1. The first kappa shape index (κ1) is 43.9. The van der Waals surface area contributed by atoms with Crippen LogP contribution >= 0.6 is 0 Å². The standard InChI is InChI=1S/C49H70O9/c1-31(2)34-20-25-49(43(54)57-29-11-28-56-39(50)19-14-32-12-15-33(55-10)16-13-32)27-26-47(8)35(41(34)49)17-18-37-46(7)23-22-38(58-40(51)30-44(3,4)42(52)53)45(5,6)36(46)21-24-48(37,47)9/h12-16,19,34-38,41H,1,11,17-18,20-30H2,2-10H3,(H,52,53)/b19-14+/t34-,35+,36-,37+,38-,41+,46-,47+,48+,49-/m0/s1. The lowest BCUT2D eigenvalue weighted by Gasteiger charge is -2.72. The van der Waals surface area contributed by atoms with Crippen molar-refractivity contribution in [1.29, 1.82) is 0 Å². The number of carboxylic acid groups (broad SMARTS) is 1. The van der Waals surface area contributed by atoms with Crippen LogP contribution < -0.4 is 4.74 Å². The normalized spacial score (nSPS) is 36.4. The molecule has 0 amide bonds. The number of carbonyl (C=O) groups excluding carboxylic acids is 3. The number of rotatable bonds is 13. The number of ether oxygens (including phenoxy) is 4. The Morgan fingerprint density at radius 3 is 2.19 bits per heavy atom. The highest BCUT2D eigenvalue weighted by molar-refractivity contribution is 5.87. The molecule has 5 fully saturated rings. The van der Waals surface area contributed by atoms with E-state index in [2.05, 4.69) is 48.1 Å². The smallest absolute Gasteiger partial charge is 0.330 e. The molecule has 320 valence electrons. The first-order chi connectivity index (χ1) is 27.2. The molecule has 1 aromatic rings. The van der Waals surface area contributed by atoms with Gasteiger partial charge in [-0.15, -0.1) is 0 Å². The predicted octanol–water partition coefficient (Wildman–Crippen LogP) is 10.3. The summed E-state index contributed by atoms with van der Waals surface area (Å²) in [5.41, 5.74) is 0.276. The molecule has 0 aliphatic heterocycles. The van der Waals surface area contributed by atoms with Crippen LogP contribution in [0.4, 0.5) is 0 Å². The first-order valence-electron chi connectivity index (χ1n) is 21.9. The van der Waals surface area contributed by atoms with Gasteiger partial charge < -0.3 is 24.1 Å². The third-order valence-corrected chi connectivity index (χ3v) is 17.1. The molecule has 0 radical (unpaired) electrons.